The number of ether oxygens (including phenoxy) is 2. The van der Waals surface area contributed by atoms with E-state index in [0.717, 1.165) is 55.1 Å². The van der Waals surface area contributed by atoms with Crippen LogP contribution in [0.1, 0.15) is 16.7 Å². The second-order valence-corrected chi connectivity index (χ2v) is 9.27. The van der Waals surface area contributed by atoms with Crippen LogP contribution in [-0.2, 0) is 4.74 Å². The lowest BCUT2D eigenvalue weighted by molar-refractivity contribution is 0.0322. The number of morpholine rings is 1. The number of aromatic nitrogens is 5. The minimum Gasteiger partial charge on any atom is -0.492 e. The van der Waals surface area contributed by atoms with Crippen molar-refractivity contribution >= 4 is 5.82 Å². The molecule has 10 heteroatoms. The minimum absolute atomic E-state index is 0.203. The summed E-state index contributed by atoms with van der Waals surface area (Å²) in [7, 11) is 0. The fourth-order valence-corrected chi connectivity index (χ4v) is 4.55. The average molecular weight is 504 g/mol. The maximum atomic E-state index is 15.6. The van der Waals surface area contributed by atoms with Crippen LogP contribution in [0.3, 0.4) is 0 Å². The fraction of sp³-hybridized carbons (Fsp3) is 0.333. The number of anilines is 1. The van der Waals surface area contributed by atoms with Gasteiger partial charge in [-0.15, -0.1) is 5.10 Å². The van der Waals surface area contributed by atoms with E-state index < -0.39 is 5.82 Å². The molecule has 1 fully saturated rings. The van der Waals surface area contributed by atoms with Crippen molar-refractivity contribution in [2.75, 3.05) is 45.2 Å². The van der Waals surface area contributed by atoms with Crippen LogP contribution in [0.25, 0.3) is 28.2 Å². The van der Waals surface area contributed by atoms with Crippen LogP contribution in [0.4, 0.5) is 10.2 Å². The number of hydrogen-bond donors (Lipinski definition) is 1. The first-order valence-electron chi connectivity index (χ1n) is 12.3. The minimum atomic E-state index is -0.464. The molecule has 37 heavy (non-hydrogen) atoms. The zero-order chi connectivity index (χ0) is 25.9. The second-order valence-electron chi connectivity index (χ2n) is 9.27. The van der Waals surface area contributed by atoms with E-state index in [0.29, 0.717) is 29.3 Å². The first kappa shape index (κ1) is 24.8. The highest BCUT2D eigenvalue weighted by Crippen LogP contribution is 2.32. The molecule has 0 radical (unpaired) electrons. The monoisotopic (exact) mass is 503 g/mol. The number of tetrazole rings is 1. The highest BCUT2D eigenvalue weighted by Gasteiger charge is 2.21. The zero-order valence-electron chi connectivity index (χ0n) is 21.2. The molecule has 9 nitrogen and oxygen atoms in total. The predicted molar refractivity (Wildman–Crippen MR) is 139 cm³/mol. The molecule has 2 N–H and O–H groups in total. The van der Waals surface area contributed by atoms with E-state index in [2.05, 4.69) is 43.6 Å². The van der Waals surface area contributed by atoms with E-state index in [-0.39, 0.29) is 11.5 Å². The SMILES string of the molecule is Cc1cc(C)cc(-c2cnc(N)c(-c3nnnn3-c3ccc(OCCN4CCOCC4)c(C)c3F)c2)c1. The van der Waals surface area contributed by atoms with Crippen molar-refractivity contribution < 1.29 is 13.9 Å². The molecule has 1 aliphatic rings. The molecule has 5 rings (SSSR count). The van der Waals surface area contributed by atoms with Gasteiger partial charge in [0.2, 0.25) is 0 Å². The summed E-state index contributed by atoms with van der Waals surface area (Å²) >= 11 is 0. The molecule has 4 aromatic rings. The molecule has 0 spiro atoms. The summed E-state index contributed by atoms with van der Waals surface area (Å²) in [4.78, 5) is 6.64. The number of nitrogens with zero attached hydrogens (tertiary/aromatic N) is 6. The van der Waals surface area contributed by atoms with Crippen molar-refractivity contribution in [2.45, 2.75) is 20.8 Å². The van der Waals surface area contributed by atoms with Crippen molar-refractivity contribution in [1.29, 1.82) is 0 Å². The lowest BCUT2D eigenvalue weighted by atomic mass is 10.0. The molecule has 0 atom stereocenters. The highest BCUT2D eigenvalue weighted by molar-refractivity contribution is 5.77. The molecular weight excluding hydrogens is 473 g/mol. The van der Waals surface area contributed by atoms with Crippen LogP contribution in [0.5, 0.6) is 5.75 Å². The number of halogens is 1. The third-order valence-electron chi connectivity index (χ3n) is 6.50. The molecule has 0 saturated carbocycles. The Kier molecular flexibility index (Phi) is 7.11. The molecule has 2 aromatic carbocycles. The Morgan fingerprint density at radius 1 is 1.03 bits per heavy atom. The van der Waals surface area contributed by atoms with E-state index in [9.17, 15) is 0 Å². The molecule has 0 bridgehead atoms. The number of rotatable bonds is 7. The first-order chi connectivity index (χ1) is 17.9. The number of hydrogen-bond acceptors (Lipinski definition) is 8. The van der Waals surface area contributed by atoms with Gasteiger partial charge in [0, 0.05) is 37.0 Å². The summed E-state index contributed by atoms with van der Waals surface area (Å²) in [6, 6.07) is 11.5. The van der Waals surface area contributed by atoms with Gasteiger partial charge in [-0.25, -0.2) is 9.37 Å². The van der Waals surface area contributed by atoms with E-state index in [1.165, 1.54) is 4.68 Å². The van der Waals surface area contributed by atoms with Gasteiger partial charge in [0.1, 0.15) is 23.9 Å². The quantitative estimate of drug-likeness (QED) is 0.407. The number of benzene rings is 2. The summed E-state index contributed by atoms with van der Waals surface area (Å²) in [5, 5.41) is 12.0. The molecule has 0 unspecified atom stereocenters. The number of nitrogens with two attached hydrogens (primary N) is 1. The van der Waals surface area contributed by atoms with Gasteiger partial charge < -0.3 is 15.2 Å². The smallest absolute Gasteiger partial charge is 0.190 e. The predicted octanol–water partition coefficient (Wildman–Crippen LogP) is 3.75. The average Bonchev–Trinajstić information content (AvgIpc) is 3.36. The Morgan fingerprint density at radius 3 is 2.54 bits per heavy atom. The molecule has 0 amide bonds. The Bertz CT molecular complexity index is 1400. The standard InChI is InChI=1S/C27H30FN7O2/c1-17-12-18(2)14-20(13-17)21-15-22(26(29)30-16-21)27-31-32-33-35(27)23-4-5-24(19(3)25(23)28)37-11-8-34-6-9-36-10-7-34/h4-5,12-16H,6-11H2,1-3H3,(H2,29,30). The lowest BCUT2D eigenvalue weighted by Crippen LogP contribution is -2.38. The Labute approximate surface area is 215 Å². The summed E-state index contributed by atoms with van der Waals surface area (Å²) in [6.45, 7) is 10.2. The van der Waals surface area contributed by atoms with Crippen LogP contribution in [0.2, 0.25) is 0 Å². The van der Waals surface area contributed by atoms with E-state index in [1.54, 1.807) is 25.3 Å². The van der Waals surface area contributed by atoms with Gasteiger partial charge in [-0.1, -0.05) is 29.3 Å². The van der Waals surface area contributed by atoms with Gasteiger partial charge in [0.15, 0.2) is 11.6 Å². The molecule has 0 aliphatic carbocycles. The maximum absolute atomic E-state index is 15.6. The van der Waals surface area contributed by atoms with Crippen LogP contribution >= 0.6 is 0 Å². The lowest BCUT2D eigenvalue weighted by Gasteiger charge is -2.26. The normalized spacial score (nSPS) is 14.2. The third-order valence-corrected chi connectivity index (χ3v) is 6.50. The maximum Gasteiger partial charge on any atom is 0.190 e. The summed E-state index contributed by atoms with van der Waals surface area (Å²) in [5.74, 6) is 0.580. The third kappa shape index (κ3) is 5.30. The van der Waals surface area contributed by atoms with Crippen molar-refractivity contribution in [1.82, 2.24) is 30.1 Å². The summed E-state index contributed by atoms with van der Waals surface area (Å²) in [6.07, 6.45) is 1.72. The zero-order valence-corrected chi connectivity index (χ0v) is 21.2. The molecule has 3 heterocycles. The highest BCUT2D eigenvalue weighted by atomic mass is 19.1. The van der Waals surface area contributed by atoms with Crippen molar-refractivity contribution in [3.63, 3.8) is 0 Å². The van der Waals surface area contributed by atoms with Crippen LogP contribution in [0, 0.1) is 26.6 Å². The van der Waals surface area contributed by atoms with Crippen LogP contribution in [-0.4, -0.2) is 69.5 Å². The number of nitrogen functional groups attached to an aromatic ring is 1. The van der Waals surface area contributed by atoms with Crippen molar-refractivity contribution in [3.05, 3.63) is 65.1 Å². The van der Waals surface area contributed by atoms with Crippen molar-refractivity contribution in [2.24, 2.45) is 0 Å². The molecule has 2 aromatic heterocycles. The Balaban J connectivity index is 1.42. The van der Waals surface area contributed by atoms with Crippen molar-refractivity contribution in [3.8, 4) is 34.0 Å². The summed E-state index contributed by atoms with van der Waals surface area (Å²) in [5.41, 5.74) is 11.5. The molecule has 1 aliphatic heterocycles. The van der Waals surface area contributed by atoms with E-state index in [1.807, 2.05) is 19.9 Å². The number of aryl methyl sites for hydroxylation is 2. The van der Waals surface area contributed by atoms with Gasteiger partial charge in [-0.2, -0.15) is 4.68 Å². The van der Waals surface area contributed by atoms with Gasteiger partial charge in [-0.3, -0.25) is 4.90 Å². The molecular formula is C27H30FN7O2. The fourth-order valence-electron chi connectivity index (χ4n) is 4.55. The van der Waals surface area contributed by atoms with Gasteiger partial charge >= 0.3 is 0 Å². The molecule has 1 saturated heterocycles. The van der Waals surface area contributed by atoms with Crippen LogP contribution < -0.4 is 10.5 Å². The van der Waals surface area contributed by atoms with Gasteiger partial charge in [0.05, 0.1) is 18.8 Å². The Morgan fingerprint density at radius 2 is 1.78 bits per heavy atom. The first-order valence-corrected chi connectivity index (χ1v) is 12.3. The van der Waals surface area contributed by atoms with Crippen LogP contribution in [0.15, 0.2) is 42.6 Å². The topological polar surface area (TPSA) is 104 Å². The van der Waals surface area contributed by atoms with E-state index in [4.69, 9.17) is 15.2 Å². The Hall–Kier alpha value is -3.89. The largest absolute Gasteiger partial charge is 0.492 e. The van der Waals surface area contributed by atoms with Gasteiger partial charge in [0.25, 0.3) is 0 Å². The second kappa shape index (κ2) is 10.6. The van der Waals surface area contributed by atoms with Gasteiger partial charge in [-0.05, 0) is 55.0 Å². The summed E-state index contributed by atoms with van der Waals surface area (Å²) < 4.78 is 28.2. The van der Waals surface area contributed by atoms with E-state index >= 15 is 4.39 Å². The number of pyridine rings is 1. The molecule has 192 valence electrons.